The first kappa shape index (κ1) is 25.6. The molecule has 1 heterocycles. The molecule has 0 atom stereocenters. The normalized spacial score (nSPS) is 11.2. The Morgan fingerprint density at radius 1 is 1.00 bits per heavy atom. The van der Waals surface area contributed by atoms with Crippen LogP contribution in [0.4, 0.5) is 5.69 Å². The summed E-state index contributed by atoms with van der Waals surface area (Å²) < 4.78 is 39.5. The van der Waals surface area contributed by atoms with Gasteiger partial charge in [0.05, 0.1) is 34.2 Å². The fourth-order valence-electron chi connectivity index (χ4n) is 3.68. The molecule has 3 aromatic carbocycles. The second-order valence-electron chi connectivity index (χ2n) is 7.95. The van der Waals surface area contributed by atoms with Crippen LogP contribution in [0.5, 0.6) is 11.6 Å². The maximum atomic E-state index is 13.6. The van der Waals surface area contributed by atoms with Crippen LogP contribution in [0.25, 0.3) is 5.69 Å². The first-order valence-corrected chi connectivity index (χ1v) is 12.8. The van der Waals surface area contributed by atoms with Gasteiger partial charge < -0.3 is 9.47 Å². The van der Waals surface area contributed by atoms with Gasteiger partial charge in [-0.1, -0.05) is 30.3 Å². The molecule has 0 fully saturated rings. The maximum absolute atomic E-state index is 13.6. The van der Waals surface area contributed by atoms with Gasteiger partial charge in [0.25, 0.3) is 5.69 Å². The number of rotatable bonds is 9. The molecule has 0 aliphatic carbocycles. The highest BCUT2D eigenvalue weighted by Gasteiger charge is 2.32. The number of hydrogen-bond donors (Lipinski definition) is 0. The molecule has 0 saturated carbocycles. The summed E-state index contributed by atoms with van der Waals surface area (Å²) in [7, 11) is -4.26. The van der Waals surface area contributed by atoms with Gasteiger partial charge in [-0.05, 0) is 55.8 Å². The Morgan fingerprint density at radius 2 is 1.65 bits per heavy atom. The van der Waals surface area contributed by atoms with Gasteiger partial charge >= 0.3 is 5.97 Å². The highest BCUT2D eigenvalue weighted by molar-refractivity contribution is 7.91. The van der Waals surface area contributed by atoms with E-state index in [2.05, 4.69) is 5.10 Å². The van der Waals surface area contributed by atoms with Crippen LogP contribution < -0.4 is 9.47 Å². The zero-order valence-corrected chi connectivity index (χ0v) is 20.8. The van der Waals surface area contributed by atoms with Crippen molar-refractivity contribution in [2.24, 2.45) is 0 Å². The Kier molecular flexibility index (Phi) is 7.35. The molecule has 0 spiro atoms. The molecule has 0 saturated heterocycles. The van der Waals surface area contributed by atoms with Gasteiger partial charge in [0.15, 0.2) is 4.90 Å². The number of nitro groups is 1. The van der Waals surface area contributed by atoms with Crippen molar-refractivity contribution in [1.82, 2.24) is 9.78 Å². The van der Waals surface area contributed by atoms with Crippen LogP contribution in [-0.2, 0) is 21.1 Å². The van der Waals surface area contributed by atoms with Gasteiger partial charge in [-0.3, -0.25) is 14.9 Å². The lowest BCUT2D eigenvalue weighted by Crippen LogP contribution is -2.16. The molecule has 0 aliphatic rings. The molecule has 11 heteroatoms. The third kappa shape index (κ3) is 5.51. The van der Waals surface area contributed by atoms with E-state index in [1.54, 1.807) is 54.6 Å². The quantitative estimate of drug-likeness (QED) is 0.179. The summed E-state index contributed by atoms with van der Waals surface area (Å²) >= 11 is 0. The molecular weight excluding hydrogens is 498 g/mol. The zero-order valence-electron chi connectivity index (χ0n) is 20.0. The monoisotopic (exact) mass is 521 g/mol. The van der Waals surface area contributed by atoms with Crippen molar-refractivity contribution >= 4 is 21.5 Å². The zero-order chi connectivity index (χ0) is 26.6. The van der Waals surface area contributed by atoms with Gasteiger partial charge in [0, 0.05) is 12.1 Å². The Balaban J connectivity index is 1.74. The molecule has 10 nitrogen and oxygen atoms in total. The molecule has 37 heavy (non-hydrogen) atoms. The minimum absolute atomic E-state index is 0.103. The number of sulfone groups is 1. The average Bonchev–Trinajstić information content (AvgIpc) is 3.22. The summed E-state index contributed by atoms with van der Waals surface area (Å²) in [6.45, 7) is 3.86. The van der Waals surface area contributed by atoms with Gasteiger partial charge in [0.2, 0.25) is 15.7 Å². The number of benzene rings is 3. The van der Waals surface area contributed by atoms with Crippen molar-refractivity contribution in [2.75, 3.05) is 6.61 Å². The molecule has 0 amide bonds. The SMILES string of the molecule is CCOc1ccc(CC(=O)Oc2c(S(=O)(=O)c3ccc([N+](=O)[O-])cc3)c(C)nn2-c2ccccc2)cc1. The Labute approximate surface area is 213 Å². The Hall–Kier alpha value is -4.51. The predicted molar refractivity (Wildman–Crippen MR) is 134 cm³/mol. The van der Waals surface area contributed by atoms with Crippen molar-refractivity contribution in [3.63, 3.8) is 0 Å². The molecular formula is C26H23N3O7S. The van der Waals surface area contributed by atoms with E-state index in [0.717, 1.165) is 24.3 Å². The summed E-state index contributed by atoms with van der Waals surface area (Å²) in [6, 6.07) is 20.0. The minimum Gasteiger partial charge on any atom is -0.494 e. The highest BCUT2D eigenvalue weighted by Crippen LogP contribution is 2.35. The topological polar surface area (TPSA) is 131 Å². The van der Waals surface area contributed by atoms with Gasteiger partial charge in [-0.15, -0.1) is 0 Å². The van der Waals surface area contributed by atoms with Crippen LogP contribution in [0.2, 0.25) is 0 Å². The lowest BCUT2D eigenvalue weighted by atomic mass is 10.1. The maximum Gasteiger partial charge on any atom is 0.317 e. The number of esters is 1. The number of para-hydroxylation sites is 1. The van der Waals surface area contributed by atoms with Crippen molar-refractivity contribution in [1.29, 1.82) is 0 Å². The molecule has 4 rings (SSSR count). The first-order valence-electron chi connectivity index (χ1n) is 11.3. The van der Waals surface area contributed by atoms with E-state index in [4.69, 9.17) is 9.47 Å². The molecule has 0 bridgehead atoms. The number of ether oxygens (including phenoxy) is 2. The Bertz CT molecular complexity index is 1530. The summed E-state index contributed by atoms with van der Waals surface area (Å²) in [5, 5.41) is 15.3. The fourth-order valence-corrected chi connectivity index (χ4v) is 5.20. The highest BCUT2D eigenvalue weighted by atomic mass is 32.2. The summed E-state index contributed by atoms with van der Waals surface area (Å²) in [5.41, 5.74) is 0.985. The molecule has 0 radical (unpaired) electrons. The first-order chi connectivity index (χ1) is 17.7. The number of nitro benzene ring substituents is 1. The largest absolute Gasteiger partial charge is 0.494 e. The van der Waals surface area contributed by atoms with E-state index in [1.165, 1.54) is 11.6 Å². The van der Waals surface area contributed by atoms with Gasteiger partial charge in [-0.25, -0.2) is 8.42 Å². The lowest BCUT2D eigenvalue weighted by Gasteiger charge is -2.11. The van der Waals surface area contributed by atoms with E-state index >= 15 is 0 Å². The van der Waals surface area contributed by atoms with Crippen molar-refractivity contribution in [3.05, 3.63) is 100 Å². The molecule has 0 unspecified atom stereocenters. The predicted octanol–water partition coefficient (Wildman–Crippen LogP) is 4.47. The van der Waals surface area contributed by atoms with Crippen LogP contribution in [0.3, 0.4) is 0 Å². The van der Waals surface area contributed by atoms with Crippen molar-refractivity contribution in [3.8, 4) is 17.3 Å². The summed E-state index contributed by atoms with van der Waals surface area (Å²) in [4.78, 5) is 22.8. The average molecular weight is 522 g/mol. The van der Waals surface area contributed by atoms with Gasteiger partial charge in [0.1, 0.15) is 5.75 Å². The number of aryl methyl sites for hydroxylation is 1. The second kappa shape index (κ2) is 10.6. The van der Waals surface area contributed by atoms with Crippen LogP contribution in [0.15, 0.2) is 88.7 Å². The van der Waals surface area contributed by atoms with E-state index < -0.39 is 20.7 Å². The Morgan fingerprint density at radius 3 is 2.24 bits per heavy atom. The van der Waals surface area contributed by atoms with Crippen LogP contribution >= 0.6 is 0 Å². The number of carbonyl (C=O) groups is 1. The third-order valence-electron chi connectivity index (χ3n) is 5.39. The molecule has 1 aromatic heterocycles. The minimum atomic E-state index is -4.26. The molecule has 4 aromatic rings. The third-order valence-corrected chi connectivity index (χ3v) is 7.29. The number of carbonyl (C=O) groups excluding carboxylic acids is 1. The van der Waals surface area contributed by atoms with Gasteiger partial charge in [-0.2, -0.15) is 9.78 Å². The van der Waals surface area contributed by atoms with E-state index in [0.29, 0.717) is 23.6 Å². The number of non-ortho nitro benzene ring substituents is 1. The lowest BCUT2D eigenvalue weighted by molar-refractivity contribution is -0.384. The number of aromatic nitrogens is 2. The van der Waals surface area contributed by atoms with Crippen LogP contribution in [0, 0.1) is 17.0 Å². The van der Waals surface area contributed by atoms with E-state index in [1.807, 2.05) is 6.92 Å². The van der Waals surface area contributed by atoms with Crippen molar-refractivity contribution in [2.45, 2.75) is 30.1 Å². The number of nitrogens with zero attached hydrogens (tertiary/aromatic N) is 3. The van der Waals surface area contributed by atoms with Crippen molar-refractivity contribution < 1.29 is 27.6 Å². The van der Waals surface area contributed by atoms with E-state index in [9.17, 15) is 23.3 Å². The van der Waals surface area contributed by atoms with Crippen LogP contribution in [0.1, 0.15) is 18.2 Å². The number of hydrogen-bond acceptors (Lipinski definition) is 8. The van der Waals surface area contributed by atoms with E-state index in [-0.39, 0.29) is 33.5 Å². The standard InChI is InChI=1S/C26H23N3O7S/c1-3-35-22-13-9-19(10-14-22)17-24(30)36-26-25(18(2)27-28(26)20-7-5-4-6-8-20)37(33,34)23-15-11-21(12-16-23)29(31)32/h4-16H,3,17H2,1-2H3. The van der Waals surface area contributed by atoms with Crippen LogP contribution in [-0.4, -0.2) is 35.7 Å². The smallest absolute Gasteiger partial charge is 0.317 e. The summed E-state index contributed by atoms with van der Waals surface area (Å²) in [5.74, 6) is -0.298. The molecule has 0 N–H and O–H groups in total. The molecule has 190 valence electrons. The second-order valence-corrected chi connectivity index (χ2v) is 9.84. The summed E-state index contributed by atoms with van der Waals surface area (Å²) in [6.07, 6.45) is -0.123. The fraction of sp³-hybridized carbons (Fsp3) is 0.154. The molecule has 0 aliphatic heterocycles.